The van der Waals surface area contributed by atoms with Crippen LogP contribution in [0.15, 0.2) is 12.3 Å². The molecule has 0 spiro atoms. The highest BCUT2D eigenvalue weighted by atomic mass is 16.4. The topological polar surface area (TPSA) is 113 Å². The van der Waals surface area contributed by atoms with Crippen LogP contribution in [0.2, 0.25) is 0 Å². The third-order valence-corrected chi connectivity index (χ3v) is 2.90. The fourth-order valence-corrected chi connectivity index (χ4v) is 1.86. The van der Waals surface area contributed by atoms with Crippen molar-refractivity contribution in [3.8, 4) is 0 Å². The van der Waals surface area contributed by atoms with E-state index in [1.807, 2.05) is 13.1 Å². The molecule has 0 fully saturated rings. The number of aromatic nitrogens is 2. The molecule has 8 nitrogen and oxygen atoms in total. The number of hydrogen-bond donors (Lipinski definition) is 3. The minimum Gasteiger partial charge on any atom is -0.481 e. The van der Waals surface area contributed by atoms with Crippen molar-refractivity contribution in [3.63, 3.8) is 0 Å². The average Bonchev–Trinajstić information content (AvgIpc) is 2.73. The quantitative estimate of drug-likeness (QED) is 0.669. The molecule has 0 aliphatic carbocycles. The van der Waals surface area contributed by atoms with Crippen LogP contribution in [0.4, 0.5) is 4.79 Å². The van der Waals surface area contributed by atoms with Crippen molar-refractivity contribution in [1.29, 1.82) is 0 Å². The second kappa shape index (κ2) is 8.03. The number of aliphatic carboxylic acids is 1. The maximum atomic E-state index is 11.5. The Balaban J connectivity index is 2.22. The van der Waals surface area contributed by atoms with E-state index in [4.69, 9.17) is 5.11 Å². The van der Waals surface area contributed by atoms with Crippen molar-refractivity contribution < 1.29 is 19.5 Å². The fraction of sp³-hybridized carbons (Fsp3) is 0.538. The van der Waals surface area contributed by atoms with Crippen LogP contribution in [0.25, 0.3) is 0 Å². The standard InChI is InChI=1S/C13H20N4O4/c1-9(8-12(19)20)7-11(18)16-13(21)14-5-3-10-4-6-15-17(10)2/h4,6,9H,3,5,7-8H2,1-2H3,(H,19,20)(H2,14,16,18,21). The van der Waals surface area contributed by atoms with E-state index in [1.54, 1.807) is 17.8 Å². The number of carboxylic acids is 1. The Morgan fingerprint density at radius 1 is 1.38 bits per heavy atom. The molecule has 0 aromatic carbocycles. The van der Waals surface area contributed by atoms with Crippen LogP contribution >= 0.6 is 0 Å². The molecule has 0 aliphatic heterocycles. The van der Waals surface area contributed by atoms with Gasteiger partial charge in [0.15, 0.2) is 0 Å². The number of nitrogens with zero attached hydrogens (tertiary/aromatic N) is 2. The van der Waals surface area contributed by atoms with Gasteiger partial charge in [0.2, 0.25) is 5.91 Å². The van der Waals surface area contributed by atoms with Crippen LogP contribution in [-0.4, -0.2) is 39.3 Å². The maximum absolute atomic E-state index is 11.5. The van der Waals surface area contributed by atoms with Gasteiger partial charge in [-0.15, -0.1) is 0 Å². The molecular weight excluding hydrogens is 276 g/mol. The molecule has 3 amide bonds. The Labute approximate surface area is 122 Å². The summed E-state index contributed by atoms with van der Waals surface area (Å²) in [5, 5.41) is 17.3. The van der Waals surface area contributed by atoms with Gasteiger partial charge in [0.25, 0.3) is 0 Å². The summed E-state index contributed by atoms with van der Waals surface area (Å²) in [5.74, 6) is -1.76. The lowest BCUT2D eigenvalue weighted by Gasteiger charge is -2.09. The molecule has 1 unspecified atom stereocenters. The second-order valence-electron chi connectivity index (χ2n) is 4.91. The minimum atomic E-state index is -0.962. The molecule has 116 valence electrons. The largest absolute Gasteiger partial charge is 0.481 e. The second-order valence-corrected chi connectivity index (χ2v) is 4.91. The molecule has 1 heterocycles. The molecule has 0 aliphatic rings. The van der Waals surface area contributed by atoms with Gasteiger partial charge < -0.3 is 10.4 Å². The summed E-state index contributed by atoms with van der Waals surface area (Å²) in [5.41, 5.74) is 0.969. The van der Waals surface area contributed by atoms with Crippen LogP contribution < -0.4 is 10.6 Å². The first-order valence-corrected chi connectivity index (χ1v) is 6.65. The van der Waals surface area contributed by atoms with Gasteiger partial charge in [0, 0.05) is 44.7 Å². The molecule has 8 heteroatoms. The average molecular weight is 296 g/mol. The van der Waals surface area contributed by atoms with Crippen molar-refractivity contribution in [2.24, 2.45) is 13.0 Å². The predicted molar refractivity (Wildman–Crippen MR) is 74.5 cm³/mol. The molecule has 0 saturated heterocycles. The van der Waals surface area contributed by atoms with Gasteiger partial charge in [-0.2, -0.15) is 5.10 Å². The Bertz CT molecular complexity index is 512. The Hall–Kier alpha value is -2.38. The third kappa shape index (κ3) is 6.55. The Morgan fingerprint density at radius 3 is 2.67 bits per heavy atom. The first-order valence-electron chi connectivity index (χ1n) is 6.65. The molecule has 1 aromatic heterocycles. The van der Waals surface area contributed by atoms with E-state index < -0.39 is 17.9 Å². The Kier molecular flexibility index (Phi) is 6.38. The van der Waals surface area contributed by atoms with Gasteiger partial charge in [0.05, 0.1) is 0 Å². The number of rotatable bonds is 7. The lowest BCUT2D eigenvalue weighted by molar-refractivity contribution is -0.138. The van der Waals surface area contributed by atoms with E-state index in [-0.39, 0.29) is 18.8 Å². The van der Waals surface area contributed by atoms with E-state index in [0.29, 0.717) is 13.0 Å². The molecule has 0 radical (unpaired) electrons. The predicted octanol–water partition coefficient (Wildman–Crippen LogP) is 0.289. The number of amides is 3. The number of imide groups is 1. The van der Waals surface area contributed by atoms with Crippen molar-refractivity contribution >= 4 is 17.9 Å². The SMILES string of the molecule is CC(CC(=O)O)CC(=O)NC(=O)NCCc1ccnn1C. The Morgan fingerprint density at radius 2 is 2.10 bits per heavy atom. The van der Waals surface area contributed by atoms with Gasteiger partial charge in [-0.05, 0) is 12.0 Å². The number of carbonyl (C=O) groups excluding carboxylic acids is 2. The van der Waals surface area contributed by atoms with Crippen LogP contribution in [-0.2, 0) is 23.1 Å². The summed E-state index contributed by atoms with van der Waals surface area (Å²) in [4.78, 5) is 33.5. The van der Waals surface area contributed by atoms with Gasteiger partial charge in [-0.25, -0.2) is 4.79 Å². The first-order chi connectivity index (χ1) is 9.88. The van der Waals surface area contributed by atoms with E-state index in [1.165, 1.54) is 0 Å². The summed E-state index contributed by atoms with van der Waals surface area (Å²) in [7, 11) is 1.81. The number of aryl methyl sites for hydroxylation is 1. The molecule has 1 aromatic rings. The lowest BCUT2D eigenvalue weighted by atomic mass is 10.0. The van der Waals surface area contributed by atoms with Gasteiger partial charge >= 0.3 is 12.0 Å². The zero-order valence-electron chi connectivity index (χ0n) is 12.1. The summed E-state index contributed by atoms with van der Waals surface area (Å²) in [6.45, 7) is 2.03. The normalized spacial score (nSPS) is 11.7. The van der Waals surface area contributed by atoms with E-state index in [2.05, 4.69) is 15.7 Å². The summed E-state index contributed by atoms with van der Waals surface area (Å²) < 4.78 is 1.71. The van der Waals surface area contributed by atoms with Crippen molar-refractivity contribution in [3.05, 3.63) is 18.0 Å². The molecule has 1 rings (SSSR count). The van der Waals surface area contributed by atoms with Crippen molar-refractivity contribution in [2.45, 2.75) is 26.2 Å². The van der Waals surface area contributed by atoms with Crippen LogP contribution in [0.1, 0.15) is 25.5 Å². The summed E-state index contributed by atoms with van der Waals surface area (Å²) in [6, 6.07) is 1.27. The first kappa shape index (κ1) is 16.7. The number of hydrogen-bond acceptors (Lipinski definition) is 4. The summed E-state index contributed by atoms with van der Waals surface area (Å²) in [6.07, 6.45) is 2.17. The highest BCUT2D eigenvalue weighted by Crippen LogP contribution is 2.06. The van der Waals surface area contributed by atoms with E-state index >= 15 is 0 Å². The van der Waals surface area contributed by atoms with E-state index in [9.17, 15) is 14.4 Å². The zero-order chi connectivity index (χ0) is 15.8. The van der Waals surface area contributed by atoms with Gasteiger partial charge in [0.1, 0.15) is 0 Å². The number of urea groups is 1. The highest BCUT2D eigenvalue weighted by molar-refractivity contribution is 5.94. The monoisotopic (exact) mass is 296 g/mol. The van der Waals surface area contributed by atoms with E-state index in [0.717, 1.165) is 5.69 Å². The molecule has 1 atom stereocenters. The third-order valence-electron chi connectivity index (χ3n) is 2.90. The highest BCUT2D eigenvalue weighted by Gasteiger charge is 2.14. The molecule has 0 bridgehead atoms. The number of carbonyl (C=O) groups is 3. The van der Waals surface area contributed by atoms with Gasteiger partial charge in [-0.3, -0.25) is 19.6 Å². The molecule has 21 heavy (non-hydrogen) atoms. The van der Waals surface area contributed by atoms with Crippen LogP contribution in [0, 0.1) is 5.92 Å². The molecule has 3 N–H and O–H groups in total. The van der Waals surface area contributed by atoms with Crippen LogP contribution in [0.5, 0.6) is 0 Å². The summed E-state index contributed by atoms with van der Waals surface area (Å²) >= 11 is 0. The maximum Gasteiger partial charge on any atom is 0.321 e. The van der Waals surface area contributed by atoms with Gasteiger partial charge in [-0.1, -0.05) is 6.92 Å². The van der Waals surface area contributed by atoms with Crippen molar-refractivity contribution in [2.75, 3.05) is 6.54 Å². The lowest BCUT2D eigenvalue weighted by Crippen LogP contribution is -2.40. The minimum absolute atomic E-state index is 0.00144. The number of nitrogens with one attached hydrogen (secondary N) is 2. The fourth-order valence-electron chi connectivity index (χ4n) is 1.86. The van der Waals surface area contributed by atoms with Crippen LogP contribution in [0.3, 0.4) is 0 Å². The zero-order valence-corrected chi connectivity index (χ0v) is 12.1. The van der Waals surface area contributed by atoms with Crippen molar-refractivity contribution in [1.82, 2.24) is 20.4 Å². The number of carboxylic acid groups (broad SMARTS) is 1. The smallest absolute Gasteiger partial charge is 0.321 e. The molecule has 0 saturated carbocycles. The molecular formula is C13H20N4O4.